The summed E-state index contributed by atoms with van der Waals surface area (Å²) in [6.45, 7) is 9.45. The highest BCUT2D eigenvalue weighted by Crippen LogP contribution is 2.15. The Bertz CT molecular complexity index is 184. The maximum Gasteiger partial charge on any atom is 0.502 e. The van der Waals surface area contributed by atoms with Crippen molar-refractivity contribution in [3.8, 4) is 0 Å². The Balaban J connectivity index is 4.28. The first kappa shape index (κ1) is 15.6. The summed E-state index contributed by atoms with van der Waals surface area (Å²) < 4.78 is 16.9. The predicted molar refractivity (Wildman–Crippen MR) is 64.1 cm³/mol. The molecule has 0 unspecified atom stereocenters. The SMILES string of the molecule is CCO[Si](CCNC(C)=O)(OCC)OCC. The summed E-state index contributed by atoms with van der Waals surface area (Å²) in [6.07, 6.45) is 0. The Hall–Kier alpha value is -0.433. The molecule has 0 heterocycles. The maximum absolute atomic E-state index is 10.8. The van der Waals surface area contributed by atoms with Gasteiger partial charge in [0.05, 0.1) is 0 Å². The van der Waals surface area contributed by atoms with E-state index >= 15 is 0 Å². The van der Waals surface area contributed by atoms with Gasteiger partial charge in [-0.1, -0.05) is 0 Å². The number of amides is 1. The Morgan fingerprint density at radius 1 is 1.06 bits per heavy atom. The lowest BCUT2D eigenvalue weighted by Crippen LogP contribution is -2.48. The number of hydrogen-bond acceptors (Lipinski definition) is 4. The summed E-state index contributed by atoms with van der Waals surface area (Å²) in [4.78, 5) is 10.8. The Morgan fingerprint density at radius 3 is 1.81 bits per heavy atom. The van der Waals surface area contributed by atoms with Crippen LogP contribution in [0, 0.1) is 0 Å². The molecule has 96 valence electrons. The lowest BCUT2D eigenvalue weighted by atomic mass is 10.6. The second kappa shape index (κ2) is 8.69. The predicted octanol–water partition coefficient (Wildman–Crippen LogP) is 1.17. The van der Waals surface area contributed by atoms with Crippen molar-refractivity contribution in [2.75, 3.05) is 26.4 Å². The normalized spacial score (nSPS) is 11.5. The van der Waals surface area contributed by atoms with Crippen LogP contribution in [0.5, 0.6) is 0 Å². The molecule has 0 aliphatic carbocycles. The molecule has 0 spiro atoms. The molecule has 0 atom stereocenters. The minimum atomic E-state index is -2.58. The van der Waals surface area contributed by atoms with Gasteiger partial charge in [0.25, 0.3) is 0 Å². The van der Waals surface area contributed by atoms with Crippen molar-refractivity contribution in [3.05, 3.63) is 0 Å². The van der Waals surface area contributed by atoms with Crippen molar-refractivity contribution in [3.63, 3.8) is 0 Å². The van der Waals surface area contributed by atoms with Gasteiger partial charge >= 0.3 is 8.80 Å². The van der Waals surface area contributed by atoms with E-state index in [-0.39, 0.29) is 5.91 Å². The van der Waals surface area contributed by atoms with Crippen LogP contribution in [0.1, 0.15) is 27.7 Å². The highest BCUT2D eigenvalue weighted by atomic mass is 28.4. The molecule has 0 radical (unpaired) electrons. The summed E-state index contributed by atoms with van der Waals surface area (Å²) in [6, 6.07) is 0.613. The number of hydrogen-bond donors (Lipinski definition) is 1. The summed E-state index contributed by atoms with van der Waals surface area (Å²) >= 11 is 0. The molecule has 0 aromatic heterocycles. The van der Waals surface area contributed by atoms with Crippen LogP contribution in [0.2, 0.25) is 6.04 Å². The molecule has 5 nitrogen and oxygen atoms in total. The van der Waals surface area contributed by atoms with Crippen molar-refractivity contribution in [1.82, 2.24) is 5.32 Å². The number of rotatable bonds is 9. The van der Waals surface area contributed by atoms with E-state index in [1.165, 1.54) is 6.92 Å². The molecular formula is C10H23NO4Si. The third kappa shape index (κ3) is 6.22. The van der Waals surface area contributed by atoms with E-state index in [9.17, 15) is 4.79 Å². The number of nitrogens with one attached hydrogen (secondary N) is 1. The average molecular weight is 249 g/mol. The minimum absolute atomic E-state index is 0.0487. The Labute approximate surface area is 98.8 Å². The van der Waals surface area contributed by atoms with Crippen molar-refractivity contribution < 1.29 is 18.1 Å². The summed E-state index contributed by atoms with van der Waals surface area (Å²) in [5.74, 6) is -0.0487. The third-order valence-corrected chi connectivity index (χ3v) is 4.95. The highest BCUT2D eigenvalue weighted by Gasteiger charge is 2.39. The van der Waals surface area contributed by atoms with E-state index in [4.69, 9.17) is 13.3 Å². The van der Waals surface area contributed by atoms with Gasteiger partial charge in [0.2, 0.25) is 5.91 Å². The molecule has 0 fully saturated rings. The van der Waals surface area contributed by atoms with Crippen LogP contribution in [0.4, 0.5) is 0 Å². The van der Waals surface area contributed by atoms with Crippen molar-refractivity contribution in [2.24, 2.45) is 0 Å². The van der Waals surface area contributed by atoms with Gasteiger partial charge in [0, 0.05) is 39.3 Å². The monoisotopic (exact) mass is 249 g/mol. The average Bonchev–Trinajstić information content (AvgIpc) is 2.18. The fourth-order valence-corrected chi connectivity index (χ4v) is 3.83. The second-order valence-corrected chi connectivity index (χ2v) is 5.95. The van der Waals surface area contributed by atoms with Crippen LogP contribution in [-0.4, -0.2) is 41.1 Å². The highest BCUT2D eigenvalue weighted by molar-refractivity contribution is 6.60. The quantitative estimate of drug-likeness (QED) is 0.623. The van der Waals surface area contributed by atoms with E-state index in [1.54, 1.807) is 0 Å². The molecule has 0 aliphatic rings. The molecule has 16 heavy (non-hydrogen) atoms. The first-order chi connectivity index (χ1) is 7.60. The molecule has 0 bridgehead atoms. The smallest absolute Gasteiger partial charge is 0.374 e. The summed E-state index contributed by atoms with van der Waals surface area (Å²) in [5.41, 5.74) is 0. The zero-order valence-corrected chi connectivity index (χ0v) is 11.7. The van der Waals surface area contributed by atoms with E-state index in [1.807, 2.05) is 20.8 Å². The van der Waals surface area contributed by atoms with Crippen LogP contribution in [0.3, 0.4) is 0 Å². The molecule has 6 heteroatoms. The molecule has 0 rings (SSSR count). The summed E-state index contributed by atoms with van der Waals surface area (Å²) in [7, 11) is -2.58. The molecular weight excluding hydrogens is 226 g/mol. The van der Waals surface area contributed by atoms with Gasteiger partial charge in [-0.2, -0.15) is 0 Å². The van der Waals surface area contributed by atoms with Crippen molar-refractivity contribution >= 4 is 14.7 Å². The van der Waals surface area contributed by atoms with Gasteiger partial charge in [0.15, 0.2) is 0 Å². The van der Waals surface area contributed by atoms with Gasteiger partial charge in [-0.05, 0) is 20.8 Å². The van der Waals surface area contributed by atoms with Gasteiger partial charge in [-0.25, -0.2) is 0 Å². The molecule has 0 aromatic rings. The standard InChI is InChI=1S/C10H23NO4Si/c1-5-13-16(14-6-2,15-7-3)9-8-11-10(4)12/h5-9H2,1-4H3,(H,11,12). The summed E-state index contributed by atoms with van der Waals surface area (Å²) in [5, 5.41) is 2.73. The first-order valence-corrected chi connectivity index (χ1v) is 7.69. The van der Waals surface area contributed by atoms with Crippen molar-refractivity contribution in [2.45, 2.75) is 33.7 Å². The van der Waals surface area contributed by atoms with E-state index in [2.05, 4.69) is 5.32 Å². The molecule has 1 N–H and O–H groups in total. The molecule has 0 saturated carbocycles. The largest absolute Gasteiger partial charge is 0.502 e. The topological polar surface area (TPSA) is 56.8 Å². The fourth-order valence-electron chi connectivity index (χ4n) is 1.39. The second-order valence-electron chi connectivity index (χ2n) is 3.22. The molecule has 0 aliphatic heterocycles. The van der Waals surface area contributed by atoms with Gasteiger partial charge in [-0.3, -0.25) is 4.79 Å². The molecule has 0 aromatic carbocycles. The van der Waals surface area contributed by atoms with Crippen LogP contribution < -0.4 is 5.32 Å². The van der Waals surface area contributed by atoms with Gasteiger partial charge < -0.3 is 18.6 Å². The van der Waals surface area contributed by atoms with Crippen molar-refractivity contribution in [1.29, 1.82) is 0 Å². The third-order valence-electron chi connectivity index (χ3n) is 1.90. The zero-order chi connectivity index (χ0) is 12.4. The van der Waals surface area contributed by atoms with Crippen LogP contribution in [0.15, 0.2) is 0 Å². The van der Waals surface area contributed by atoms with E-state index in [0.717, 1.165) is 0 Å². The fraction of sp³-hybridized carbons (Fsp3) is 0.900. The van der Waals surface area contributed by atoms with E-state index < -0.39 is 8.80 Å². The van der Waals surface area contributed by atoms with Crippen LogP contribution in [0.25, 0.3) is 0 Å². The number of carbonyl (C=O) groups is 1. The number of carbonyl (C=O) groups excluding carboxylic acids is 1. The van der Waals surface area contributed by atoms with Crippen LogP contribution >= 0.6 is 0 Å². The van der Waals surface area contributed by atoms with Gasteiger partial charge in [0.1, 0.15) is 0 Å². The van der Waals surface area contributed by atoms with Gasteiger partial charge in [-0.15, -0.1) is 0 Å². The molecule has 1 amide bonds. The lowest BCUT2D eigenvalue weighted by Gasteiger charge is -2.28. The maximum atomic E-state index is 10.8. The van der Waals surface area contributed by atoms with E-state index in [0.29, 0.717) is 32.4 Å². The molecule has 0 saturated heterocycles. The minimum Gasteiger partial charge on any atom is -0.374 e. The zero-order valence-electron chi connectivity index (χ0n) is 10.7. The van der Waals surface area contributed by atoms with Crippen LogP contribution in [-0.2, 0) is 18.1 Å². The first-order valence-electron chi connectivity index (χ1n) is 5.76. The lowest BCUT2D eigenvalue weighted by molar-refractivity contribution is -0.118. The Morgan fingerprint density at radius 2 is 1.50 bits per heavy atom. The Kier molecular flexibility index (Phi) is 8.45.